The Bertz CT molecular complexity index is 1150. The number of halogens is 1. The maximum Gasteiger partial charge on any atom is 0.336 e. The van der Waals surface area contributed by atoms with Crippen LogP contribution >= 0.6 is 0 Å². The van der Waals surface area contributed by atoms with Crippen LogP contribution in [0.2, 0.25) is 0 Å². The fraction of sp³-hybridized carbons (Fsp3) is 0.333. The van der Waals surface area contributed by atoms with Gasteiger partial charge in [-0.2, -0.15) is 0 Å². The molecule has 2 aliphatic rings. The molecule has 6 heteroatoms. The first-order chi connectivity index (χ1) is 16.0. The largest absolute Gasteiger partial charge is 0.496 e. The second kappa shape index (κ2) is 9.61. The van der Waals surface area contributed by atoms with E-state index in [4.69, 9.17) is 9.47 Å². The average Bonchev–Trinajstić information content (AvgIpc) is 2.81. The third-order valence-electron chi connectivity index (χ3n) is 6.28. The quantitative estimate of drug-likeness (QED) is 0.618. The summed E-state index contributed by atoms with van der Waals surface area (Å²) in [5, 5.41) is 3.29. The topological polar surface area (TPSA) is 64.6 Å². The van der Waals surface area contributed by atoms with E-state index in [0.29, 0.717) is 29.7 Å². The number of para-hydroxylation sites is 1. The standard InChI is InChI=1S/C27H28FNO4/c1-4-13-33-27(31)24-16(2)29-21-14-17(18-9-6-8-12-23(18)32-3)15-22(30)26(21)25(24)19-10-5-7-11-20(19)28/h5-12,17,25,29H,4,13-15H2,1-3H3. The Labute approximate surface area is 193 Å². The Balaban J connectivity index is 1.80. The van der Waals surface area contributed by atoms with Crippen molar-refractivity contribution in [3.8, 4) is 5.75 Å². The highest BCUT2D eigenvalue weighted by atomic mass is 19.1. The highest BCUT2D eigenvalue weighted by Crippen LogP contribution is 2.47. The van der Waals surface area contributed by atoms with Gasteiger partial charge in [0.05, 0.1) is 25.2 Å². The fourth-order valence-electron chi connectivity index (χ4n) is 4.83. The van der Waals surface area contributed by atoms with E-state index in [0.717, 1.165) is 17.0 Å². The zero-order valence-corrected chi connectivity index (χ0v) is 19.1. The number of carbonyl (C=O) groups excluding carboxylic acids is 2. The van der Waals surface area contributed by atoms with Crippen LogP contribution in [-0.2, 0) is 14.3 Å². The summed E-state index contributed by atoms with van der Waals surface area (Å²) < 4.78 is 25.9. The lowest BCUT2D eigenvalue weighted by Crippen LogP contribution is -2.36. The van der Waals surface area contributed by atoms with Gasteiger partial charge in [0, 0.05) is 34.9 Å². The average molecular weight is 450 g/mol. The predicted octanol–water partition coefficient (Wildman–Crippen LogP) is 5.15. The van der Waals surface area contributed by atoms with Gasteiger partial charge in [-0.05, 0) is 37.5 Å². The van der Waals surface area contributed by atoms with Crippen LogP contribution in [0.15, 0.2) is 71.1 Å². The first kappa shape index (κ1) is 22.8. The Morgan fingerprint density at radius 1 is 1.09 bits per heavy atom. The zero-order valence-electron chi connectivity index (χ0n) is 19.1. The molecule has 0 saturated carbocycles. The van der Waals surface area contributed by atoms with Crippen LogP contribution < -0.4 is 10.1 Å². The lowest BCUT2D eigenvalue weighted by molar-refractivity contribution is -0.139. The van der Waals surface area contributed by atoms with Gasteiger partial charge in [0.15, 0.2) is 5.78 Å². The first-order valence-electron chi connectivity index (χ1n) is 11.2. The van der Waals surface area contributed by atoms with Crippen LogP contribution in [0.3, 0.4) is 0 Å². The molecule has 2 aromatic carbocycles. The molecule has 2 atom stereocenters. The molecule has 5 nitrogen and oxygen atoms in total. The second-order valence-corrected chi connectivity index (χ2v) is 8.42. The molecule has 0 radical (unpaired) electrons. The minimum absolute atomic E-state index is 0.0810. The lowest BCUT2D eigenvalue weighted by atomic mass is 9.71. The molecule has 0 fully saturated rings. The van der Waals surface area contributed by atoms with Crippen LogP contribution in [0.5, 0.6) is 5.75 Å². The van der Waals surface area contributed by atoms with E-state index < -0.39 is 17.7 Å². The van der Waals surface area contributed by atoms with E-state index >= 15 is 0 Å². The molecule has 4 rings (SSSR count). The molecule has 33 heavy (non-hydrogen) atoms. The Hall–Kier alpha value is -3.41. The number of benzene rings is 2. The SMILES string of the molecule is CCCOC(=O)C1=C(C)NC2=C(C(=O)CC(c3ccccc3OC)C2)C1c1ccccc1F. The first-order valence-corrected chi connectivity index (χ1v) is 11.2. The van der Waals surface area contributed by atoms with E-state index in [1.165, 1.54) is 6.07 Å². The number of allylic oxidation sites excluding steroid dienone is 3. The molecule has 1 aliphatic heterocycles. The molecule has 172 valence electrons. The molecule has 1 N–H and O–H groups in total. The van der Waals surface area contributed by atoms with Crippen LogP contribution in [0.25, 0.3) is 0 Å². The summed E-state index contributed by atoms with van der Waals surface area (Å²) in [5.41, 5.74) is 3.30. The molecule has 0 spiro atoms. The van der Waals surface area contributed by atoms with E-state index in [1.807, 2.05) is 31.2 Å². The number of carbonyl (C=O) groups is 2. The molecule has 0 amide bonds. The Morgan fingerprint density at radius 3 is 2.48 bits per heavy atom. The highest BCUT2D eigenvalue weighted by Gasteiger charge is 2.42. The molecular weight excluding hydrogens is 421 g/mol. The van der Waals surface area contributed by atoms with Crippen molar-refractivity contribution in [3.05, 3.63) is 88.0 Å². The maximum absolute atomic E-state index is 15.0. The van der Waals surface area contributed by atoms with Crippen molar-refractivity contribution in [2.75, 3.05) is 13.7 Å². The highest BCUT2D eigenvalue weighted by molar-refractivity contribution is 6.04. The normalized spacial score (nSPS) is 20.3. The van der Waals surface area contributed by atoms with Gasteiger partial charge >= 0.3 is 5.97 Å². The molecule has 0 bridgehead atoms. The second-order valence-electron chi connectivity index (χ2n) is 8.42. The van der Waals surface area contributed by atoms with Gasteiger partial charge in [0.25, 0.3) is 0 Å². The van der Waals surface area contributed by atoms with Crippen LogP contribution in [0.4, 0.5) is 4.39 Å². The number of hydrogen-bond acceptors (Lipinski definition) is 5. The van der Waals surface area contributed by atoms with E-state index in [1.54, 1.807) is 32.2 Å². The lowest BCUT2D eigenvalue weighted by Gasteiger charge is -2.37. The van der Waals surface area contributed by atoms with Crippen LogP contribution in [-0.4, -0.2) is 25.5 Å². The molecule has 1 heterocycles. The number of nitrogens with one attached hydrogen (secondary N) is 1. The van der Waals surface area contributed by atoms with Crippen molar-refractivity contribution < 1.29 is 23.5 Å². The summed E-state index contributed by atoms with van der Waals surface area (Å²) in [7, 11) is 1.61. The van der Waals surface area contributed by atoms with E-state index in [2.05, 4.69) is 5.32 Å². The monoisotopic (exact) mass is 449 g/mol. The summed E-state index contributed by atoms with van der Waals surface area (Å²) in [6, 6.07) is 14.0. The predicted molar refractivity (Wildman–Crippen MR) is 123 cm³/mol. The van der Waals surface area contributed by atoms with Crippen molar-refractivity contribution in [1.82, 2.24) is 5.32 Å². The number of rotatable bonds is 6. The van der Waals surface area contributed by atoms with Gasteiger partial charge in [-0.3, -0.25) is 4.79 Å². The summed E-state index contributed by atoms with van der Waals surface area (Å²) in [6.07, 6.45) is 1.48. The van der Waals surface area contributed by atoms with Crippen molar-refractivity contribution >= 4 is 11.8 Å². The smallest absolute Gasteiger partial charge is 0.336 e. The van der Waals surface area contributed by atoms with Gasteiger partial charge in [0.2, 0.25) is 0 Å². The number of methoxy groups -OCH3 is 1. The summed E-state index contributed by atoms with van der Waals surface area (Å²) in [6.45, 7) is 3.94. The van der Waals surface area contributed by atoms with Crippen molar-refractivity contribution in [1.29, 1.82) is 0 Å². The molecule has 2 aromatic rings. The van der Waals surface area contributed by atoms with Gasteiger partial charge in [-0.15, -0.1) is 0 Å². The Morgan fingerprint density at radius 2 is 1.79 bits per heavy atom. The number of dihydropyridines is 1. The number of ether oxygens (including phenoxy) is 2. The number of ketones is 1. The van der Waals surface area contributed by atoms with Gasteiger partial charge in [-0.1, -0.05) is 43.3 Å². The molecule has 2 unspecified atom stereocenters. The third kappa shape index (κ3) is 4.30. The minimum atomic E-state index is -0.807. The van der Waals surface area contributed by atoms with Gasteiger partial charge in [0.1, 0.15) is 11.6 Å². The maximum atomic E-state index is 15.0. The Kier molecular flexibility index (Phi) is 6.63. The third-order valence-corrected chi connectivity index (χ3v) is 6.28. The van der Waals surface area contributed by atoms with Crippen LogP contribution in [0.1, 0.15) is 56.1 Å². The minimum Gasteiger partial charge on any atom is -0.496 e. The molecule has 0 saturated heterocycles. The molecular formula is C27H28FNO4. The van der Waals surface area contributed by atoms with E-state index in [9.17, 15) is 14.0 Å². The van der Waals surface area contributed by atoms with Gasteiger partial charge in [-0.25, -0.2) is 9.18 Å². The fourth-order valence-corrected chi connectivity index (χ4v) is 4.83. The summed E-state index contributed by atoms with van der Waals surface area (Å²) in [4.78, 5) is 26.6. The number of Topliss-reactive ketones (excluding diaryl/α,β-unsaturated/α-hetero) is 1. The van der Waals surface area contributed by atoms with E-state index in [-0.39, 0.29) is 30.3 Å². The van der Waals surface area contributed by atoms with Crippen LogP contribution in [0, 0.1) is 5.82 Å². The summed E-state index contributed by atoms with van der Waals surface area (Å²) >= 11 is 0. The molecule has 1 aliphatic carbocycles. The number of hydrogen-bond donors (Lipinski definition) is 1. The summed E-state index contributed by atoms with van der Waals surface area (Å²) in [5.74, 6) is -1.25. The number of esters is 1. The van der Waals surface area contributed by atoms with Crippen molar-refractivity contribution in [2.24, 2.45) is 0 Å². The molecule has 0 aromatic heterocycles. The van der Waals surface area contributed by atoms with Crippen molar-refractivity contribution in [2.45, 2.75) is 44.9 Å². The van der Waals surface area contributed by atoms with Crippen molar-refractivity contribution in [3.63, 3.8) is 0 Å². The van der Waals surface area contributed by atoms with Gasteiger partial charge < -0.3 is 14.8 Å². The zero-order chi connectivity index (χ0) is 23.5.